The van der Waals surface area contributed by atoms with Crippen LogP contribution in [0.5, 0.6) is 5.75 Å². The van der Waals surface area contributed by atoms with Gasteiger partial charge in [0, 0.05) is 39.1 Å². The molecule has 1 aromatic carbocycles. The summed E-state index contributed by atoms with van der Waals surface area (Å²) in [5.41, 5.74) is 6.67. The quantitative estimate of drug-likeness (QED) is 0.820. The van der Waals surface area contributed by atoms with Crippen molar-refractivity contribution in [2.24, 2.45) is 5.73 Å². The maximum atomic E-state index is 12.5. The zero-order chi connectivity index (χ0) is 14.8. The average Bonchev–Trinajstić information content (AvgIpc) is 2.90. The van der Waals surface area contributed by atoms with Gasteiger partial charge in [0.1, 0.15) is 5.75 Å². The Hall–Kier alpha value is -1.66. The lowest BCUT2D eigenvalue weighted by Gasteiger charge is -2.35. The summed E-state index contributed by atoms with van der Waals surface area (Å²) < 4.78 is 5.77. The monoisotopic (exact) mass is 305 g/mol. The summed E-state index contributed by atoms with van der Waals surface area (Å²) in [6, 6.07) is 7.84. The van der Waals surface area contributed by atoms with E-state index in [1.807, 2.05) is 29.2 Å². The molecule has 2 N–H and O–H groups in total. The third kappa shape index (κ3) is 3.16. The number of hydrogen-bond donors (Lipinski definition) is 1. The zero-order valence-electron chi connectivity index (χ0n) is 11.8. The predicted octanol–water partition coefficient (Wildman–Crippen LogP) is 0.420. The first-order chi connectivity index (χ1) is 10.1. The number of rotatable bonds is 3. The van der Waals surface area contributed by atoms with Gasteiger partial charge in [-0.25, -0.2) is 0 Å². The molecule has 0 spiro atoms. The first kappa shape index (κ1) is 14.3. The van der Waals surface area contributed by atoms with Crippen LogP contribution in [0.25, 0.3) is 0 Å². The molecular formula is C15H19N3O2S. The van der Waals surface area contributed by atoms with E-state index in [0.29, 0.717) is 31.0 Å². The van der Waals surface area contributed by atoms with Crippen LogP contribution in [0.2, 0.25) is 0 Å². The number of thiocarbonyl (C=S) groups is 1. The normalized spacial score (nSPS) is 21.7. The number of ether oxygens (including phenoxy) is 1. The van der Waals surface area contributed by atoms with Crippen molar-refractivity contribution in [3.05, 3.63) is 29.8 Å². The second-order valence-electron chi connectivity index (χ2n) is 5.49. The van der Waals surface area contributed by atoms with Gasteiger partial charge in [-0.3, -0.25) is 9.69 Å². The number of carbonyl (C=O) groups is 1. The van der Waals surface area contributed by atoms with Crippen molar-refractivity contribution in [3.63, 3.8) is 0 Å². The van der Waals surface area contributed by atoms with E-state index in [2.05, 4.69) is 4.90 Å². The van der Waals surface area contributed by atoms with E-state index in [9.17, 15) is 4.79 Å². The smallest absolute Gasteiger partial charge is 0.264 e. The summed E-state index contributed by atoms with van der Waals surface area (Å²) in [7, 11) is 0. The van der Waals surface area contributed by atoms with E-state index in [-0.39, 0.29) is 12.0 Å². The minimum atomic E-state index is -0.371. The SMILES string of the molecule is NC(=S)CN1CCN(C(=O)C2Cc3ccccc3O2)CC1. The minimum absolute atomic E-state index is 0.0844. The van der Waals surface area contributed by atoms with Crippen molar-refractivity contribution in [3.8, 4) is 5.75 Å². The number of nitrogens with zero attached hydrogens (tertiary/aromatic N) is 2. The number of benzene rings is 1. The molecule has 0 radical (unpaired) electrons. The fourth-order valence-electron chi connectivity index (χ4n) is 2.87. The molecule has 6 heteroatoms. The van der Waals surface area contributed by atoms with Crippen molar-refractivity contribution in [2.75, 3.05) is 32.7 Å². The van der Waals surface area contributed by atoms with Crippen molar-refractivity contribution in [1.29, 1.82) is 0 Å². The molecule has 1 unspecified atom stereocenters. The van der Waals surface area contributed by atoms with Crippen molar-refractivity contribution in [1.82, 2.24) is 9.80 Å². The third-order valence-electron chi connectivity index (χ3n) is 3.99. The fourth-order valence-corrected chi connectivity index (χ4v) is 3.05. The molecule has 2 aliphatic rings. The van der Waals surface area contributed by atoms with Crippen LogP contribution >= 0.6 is 12.2 Å². The largest absolute Gasteiger partial charge is 0.480 e. The Balaban J connectivity index is 1.55. The Kier molecular flexibility index (Phi) is 4.07. The summed E-state index contributed by atoms with van der Waals surface area (Å²) in [5, 5.41) is 0. The summed E-state index contributed by atoms with van der Waals surface area (Å²) in [6.45, 7) is 3.66. The fraction of sp³-hybridized carbons (Fsp3) is 0.467. The molecule has 21 heavy (non-hydrogen) atoms. The Labute approximate surface area is 129 Å². The van der Waals surface area contributed by atoms with Crippen LogP contribution in [0.1, 0.15) is 5.56 Å². The standard InChI is InChI=1S/C15H19N3O2S/c16-14(21)10-17-5-7-18(8-6-17)15(19)13-9-11-3-1-2-4-12(11)20-13/h1-4,13H,5-10H2,(H2,16,21). The first-order valence-corrected chi connectivity index (χ1v) is 7.58. The van der Waals surface area contributed by atoms with E-state index < -0.39 is 0 Å². The number of fused-ring (bicyclic) bond motifs is 1. The Morgan fingerprint density at radius 2 is 2.00 bits per heavy atom. The molecule has 1 fully saturated rings. The van der Waals surface area contributed by atoms with Gasteiger partial charge in [-0.15, -0.1) is 0 Å². The molecule has 0 aromatic heterocycles. The molecule has 1 saturated heterocycles. The number of amides is 1. The number of piperazine rings is 1. The van der Waals surface area contributed by atoms with Gasteiger partial charge in [-0.2, -0.15) is 0 Å². The molecule has 2 aliphatic heterocycles. The highest BCUT2D eigenvalue weighted by Gasteiger charge is 2.33. The van der Waals surface area contributed by atoms with Gasteiger partial charge >= 0.3 is 0 Å². The lowest BCUT2D eigenvalue weighted by atomic mass is 10.1. The Bertz CT molecular complexity index is 531. The highest BCUT2D eigenvalue weighted by atomic mass is 32.1. The average molecular weight is 305 g/mol. The van der Waals surface area contributed by atoms with Crippen LogP contribution in [-0.2, 0) is 11.2 Å². The zero-order valence-corrected chi connectivity index (χ0v) is 12.6. The molecule has 112 valence electrons. The summed E-state index contributed by atoms with van der Waals surface area (Å²) in [5.74, 6) is 0.921. The highest BCUT2D eigenvalue weighted by molar-refractivity contribution is 7.80. The van der Waals surface area contributed by atoms with Crippen LogP contribution in [0.4, 0.5) is 0 Å². The molecule has 0 bridgehead atoms. The van der Waals surface area contributed by atoms with Crippen LogP contribution in [-0.4, -0.2) is 59.5 Å². The maximum absolute atomic E-state index is 12.5. The van der Waals surface area contributed by atoms with Gasteiger partial charge in [0.2, 0.25) is 0 Å². The summed E-state index contributed by atoms with van der Waals surface area (Å²) >= 11 is 4.92. The van der Waals surface area contributed by atoms with E-state index in [1.165, 1.54) is 0 Å². The molecule has 3 rings (SSSR count). The molecule has 2 heterocycles. The van der Waals surface area contributed by atoms with E-state index in [0.717, 1.165) is 24.4 Å². The van der Waals surface area contributed by atoms with E-state index >= 15 is 0 Å². The number of nitrogens with two attached hydrogens (primary N) is 1. The molecule has 1 amide bonds. The van der Waals surface area contributed by atoms with Crippen LogP contribution in [0.15, 0.2) is 24.3 Å². The van der Waals surface area contributed by atoms with Gasteiger partial charge in [-0.1, -0.05) is 30.4 Å². The maximum Gasteiger partial charge on any atom is 0.264 e. The molecule has 0 saturated carbocycles. The van der Waals surface area contributed by atoms with Gasteiger partial charge in [0.05, 0.1) is 4.99 Å². The lowest BCUT2D eigenvalue weighted by Crippen LogP contribution is -2.53. The summed E-state index contributed by atoms with van der Waals surface area (Å²) in [4.78, 5) is 17.1. The van der Waals surface area contributed by atoms with Gasteiger partial charge < -0.3 is 15.4 Å². The predicted molar refractivity (Wildman–Crippen MR) is 84.4 cm³/mol. The molecule has 0 aliphatic carbocycles. The second-order valence-corrected chi connectivity index (χ2v) is 6.01. The van der Waals surface area contributed by atoms with E-state index in [1.54, 1.807) is 0 Å². The molecule has 1 aromatic rings. The van der Waals surface area contributed by atoms with Crippen molar-refractivity contribution < 1.29 is 9.53 Å². The number of carbonyl (C=O) groups excluding carboxylic acids is 1. The van der Waals surface area contributed by atoms with Gasteiger partial charge in [0.15, 0.2) is 6.10 Å². The number of hydrogen-bond acceptors (Lipinski definition) is 4. The van der Waals surface area contributed by atoms with Crippen LogP contribution < -0.4 is 10.5 Å². The highest BCUT2D eigenvalue weighted by Crippen LogP contribution is 2.29. The third-order valence-corrected chi connectivity index (χ3v) is 4.12. The minimum Gasteiger partial charge on any atom is -0.480 e. The molecule has 1 atom stereocenters. The summed E-state index contributed by atoms with van der Waals surface area (Å²) in [6.07, 6.45) is 0.298. The van der Waals surface area contributed by atoms with Crippen LogP contribution in [0.3, 0.4) is 0 Å². The van der Waals surface area contributed by atoms with Crippen LogP contribution in [0, 0.1) is 0 Å². The Morgan fingerprint density at radius 1 is 1.29 bits per heavy atom. The molecule has 5 nitrogen and oxygen atoms in total. The first-order valence-electron chi connectivity index (χ1n) is 7.17. The van der Waals surface area contributed by atoms with Crippen molar-refractivity contribution >= 4 is 23.1 Å². The second kappa shape index (κ2) is 5.99. The van der Waals surface area contributed by atoms with Crippen molar-refractivity contribution in [2.45, 2.75) is 12.5 Å². The Morgan fingerprint density at radius 3 is 2.67 bits per heavy atom. The molecular weight excluding hydrogens is 286 g/mol. The lowest BCUT2D eigenvalue weighted by molar-refractivity contribution is -0.139. The van der Waals surface area contributed by atoms with Gasteiger partial charge in [-0.05, 0) is 11.6 Å². The topological polar surface area (TPSA) is 58.8 Å². The number of para-hydroxylation sites is 1. The van der Waals surface area contributed by atoms with E-state index in [4.69, 9.17) is 22.7 Å². The van der Waals surface area contributed by atoms with Gasteiger partial charge in [0.25, 0.3) is 5.91 Å².